The number of anilines is 1. The second kappa shape index (κ2) is 36.8. The molecule has 2 N–H and O–H groups in total. The molecule has 1 aromatic carbocycles. The number of unbranched alkanes of at least 4 members (excludes halogenated alkanes) is 20. The van der Waals surface area contributed by atoms with Gasteiger partial charge < -0.3 is 15.1 Å². The van der Waals surface area contributed by atoms with E-state index in [-0.39, 0.29) is 29.5 Å². The van der Waals surface area contributed by atoms with Gasteiger partial charge in [-0.05, 0) is 129 Å². The number of aromatic hydroxyl groups is 2. The van der Waals surface area contributed by atoms with Gasteiger partial charge in [0.15, 0.2) is 5.88 Å². The minimum atomic E-state index is -0.172. The third-order valence-electron chi connectivity index (χ3n) is 21.1. The average molecular weight is 1120 g/mol. The number of benzene rings is 1. The summed E-state index contributed by atoms with van der Waals surface area (Å²) in [5, 5.41) is 22.9. The highest BCUT2D eigenvalue weighted by Crippen LogP contribution is 2.74. The summed E-state index contributed by atoms with van der Waals surface area (Å²) in [7, 11) is 0. The van der Waals surface area contributed by atoms with Crippen LogP contribution in [0.4, 0.5) is 5.69 Å². The molecule has 8 nitrogen and oxygen atoms in total. The molecule has 3 amide bonds. The number of fused-ring (bicyclic) bond motifs is 1. The predicted octanol–water partition coefficient (Wildman–Crippen LogP) is 20.1. The SMILES string of the molecule is CCCCCCCCC12C(CCC)C(CCCCCCCCN(C(=O)C=Cc3ccccc3)c3cc(O)n(CCCCCCCCC4C(CCCCCCCCN5C(=O)C=CC5=O)CCC(CCC)C4CCC)c3O)CCC1C2CC. The lowest BCUT2D eigenvalue weighted by atomic mass is 9.61. The van der Waals surface area contributed by atoms with Gasteiger partial charge in [-0.15, -0.1) is 0 Å². The van der Waals surface area contributed by atoms with E-state index in [0.717, 1.165) is 104 Å². The van der Waals surface area contributed by atoms with Crippen LogP contribution in [0.3, 0.4) is 0 Å². The summed E-state index contributed by atoms with van der Waals surface area (Å²) in [5.41, 5.74) is 2.03. The Hall–Kier alpha value is -3.81. The first-order valence-corrected chi connectivity index (χ1v) is 34.8. The Morgan fingerprint density at radius 2 is 1.09 bits per heavy atom. The normalized spacial score (nSPS) is 24.4. The Bertz CT molecular complexity index is 2120. The van der Waals surface area contributed by atoms with E-state index in [2.05, 4.69) is 34.6 Å². The molecule has 3 saturated carbocycles. The van der Waals surface area contributed by atoms with Crippen LogP contribution in [0.2, 0.25) is 0 Å². The highest BCUT2D eigenvalue weighted by molar-refractivity contribution is 6.12. The van der Waals surface area contributed by atoms with Crippen molar-refractivity contribution in [3.63, 3.8) is 0 Å². The van der Waals surface area contributed by atoms with Crippen molar-refractivity contribution >= 4 is 29.5 Å². The third-order valence-corrected chi connectivity index (χ3v) is 21.1. The van der Waals surface area contributed by atoms with Crippen molar-refractivity contribution in [3.8, 4) is 11.8 Å². The molecule has 2 heterocycles. The molecule has 0 spiro atoms. The molecule has 2 aromatic rings. The van der Waals surface area contributed by atoms with Crippen LogP contribution in [-0.4, -0.2) is 50.5 Å². The molecule has 6 rings (SSSR count). The summed E-state index contributed by atoms with van der Waals surface area (Å²) >= 11 is 0. The molecule has 8 heteroatoms. The summed E-state index contributed by atoms with van der Waals surface area (Å²) in [6.45, 7) is 13.6. The number of aromatic nitrogens is 1. The van der Waals surface area contributed by atoms with Gasteiger partial charge in [-0.3, -0.25) is 23.9 Å². The first kappa shape index (κ1) is 66.3. The highest BCUT2D eigenvalue weighted by atomic mass is 16.3. The fourth-order valence-electron chi connectivity index (χ4n) is 17.0. The first-order chi connectivity index (χ1) is 39.6. The Kier molecular flexibility index (Phi) is 30.1. The number of hydrogen-bond acceptors (Lipinski definition) is 5. The lowest BCUT2D eigenvalue weighted by Gasteiger charge is -2.44. The molecule has 9 unspecified atom stereocenters. The molecule has 3 fully saturated rings. The molecule has 1 aromatic heterocycles. The van der Waals surface area contributed by atoms with Gasteiger partial charge in [-0.1, -0.05) is 251 Å². The van der Waals surface area contributed by atoms with Crippen LogP contribution in [0.25, 0.3) is 6.08 Å². The maximum atomic E-state index is 14.0. The highest BCUT2D eigenvalue weighted by Gasteiger charge is 2.67. The van der Waals surface area contributed by atoms with Crippen molar-refractivity contribution in [3.05, 3.63) is 60.2 Å². The van der Waals surface area contributed by atoms with Crippen molar-refractivity contribution in [2.75, 3.05) is 18.0 Å². The zero-order valence-corrected chi connectivity index (χ0v) is 52.6. The number of nitrogens with zero attached hydrogens (tertiary/aromatic N) is 3. The molecule has 4 aliphatic rings. The van der Waals surface area contributed by atoms with Gasteiger partial charge in [-0.2, -0.15) is 0 Å². The van der Waals surface area contributed by atoms with E-state index in [9.17, 15) is 24.6 Å². The number of carbonyl (C=O) groups is 3. The van der Waals surface area contributed by atoms with E-state index in [1.807, 2.05) is 36.4 Å². The van der Waals surface area contributed by atoms with Crippen molar-refractivity contribution in [2.24, 2.45) is 52.8 Å². The molecule has 1 aliphatic heterocycles. The van der Waals surface area contributed by atoms with E-state index < -0.39 is 0 Å². The standard InChI is InChI=1S/C73H119N3O5/c1-6-11-12-13-23-33-53-73-64(10-5)66(73)49-48-61(65(73)39-9-4)43-31-21-15-17-24-34-54-74(68(77)50-45-58-40-28-27-29-41-58)67-57-71(80)76(72(67)81)56-36-26-19-16-22-32-44-63-60(47-46-59(37-7-2)62(63)38-8-3)42-30-20-14-18-25-35-55-75-69(78)51-52-70(75)79/h27-29,40-41,45,50-52,57,59-66,80-81H,6-26,30-39,42-44,46-49,53-56H2,1-5H3. The summed E-state index contributed by atoms with van der Waals surface area (Å²) < 4.78 is 1.61. The minimum Gasteiger partial charge on any atom is -0.494 e. The third kappa shape index (κ3) is 19.9. The van der Waals surface area contributed by atoms with Crippen LogP contribution < -0.4 is 4.90 Å². The van der Waals surface area contributed by atoms with Gasteiger partial charge in [-0.25, -0.2) is 0 Å². The van der Waals surface area contributed by atoms with E-state index in [0.29, 0.717) is 30.7 Å². The number of amides is 3. The number of rotatable bonds is 44. The molecular formula is C73H119N3O5. The Morgan fingerprint density at radius 1 is 0.556 bits per heavy atom. The van der Waals surface area contributed by atoms with Gasteiger partial charge in [0.2, 0.25) is 5.88 Å². The maximum absolute atomic E-state index is 14.0. The Balaban J connectivity index is 0.918. The van der Waals surface area contributed by atoms with Crippen LogP contribution in [0.1, 0.15) is 291 Å². The lowest BCUT2D eigenvalue weighted by molar-refractivity contribution is -0.136. The van der Waals surface area contributed by atoms with Gasteiger partial charge in [0, 0.05) is 43.9 Å². The topological polar surface area (TPSA) is 103 Å². The minimum absolute atomic E-state index is 0.0111. The van der Waals surface area contributed by atoms with Gasteiger partial charge in [0.05, 0.1) is 0 Å². The number of hydrogen-bond donors (Lipinski definition) is 2. The maximum Gasteiger partial charge on any atom is 0.253 e. The lowest BCUT2D eigenvalue weighted by Crippen LogP contribution is -2.35. The van der Waals surface area contributed by atoms with Gasteiger partial charge in [0.1, 0.15) is 5.69 Å². The zero-order valence-electron chi connectivity index (χ0n) is 52.6. The van der Waals surface area contributed by atoms with E-state index in [1.54, 1.807) is 21.6 Å². The van der Waals surface area contributed by atoms with E-state index in [1.165, 1.54) is 216 Å². The van der Waals surface area contributed by atoms with Crippen molar-refractivity contribution in [1.29, 1.82) is 0 Å². The van der Waals surface area contributed by atoms with Crippen LogP contribution in [0.15, 0.2) is 54.6 Å². The molecule has 0 bridgehead atoms. The van der Waals surface area contributed by atoms with Crippen LogP contribution in [0, 0.1) is 52.8 Å². The fourth-order valence-corrected chi connectivity index (χ4v) is 17.0. The quantitative estimate of drug-likeness (QED) is 0.0391. The van der Waals surface area contributed by atoms with Crippen LogP contribution >= 0.6 is 0 Å². The monoisotopic (exact) mass is 1120 g/mol. The smallest absolute Gasteiger partial charge is 0.253 e. The molecule has 3 aliphatic carbocycles. The zero-order chi connectivity index (χ0) is 57.7. The van der Waals surface area contributed by atoms with Crippen molar-refractivity contribution < 1.29 is 24.6 Å². The van der Waals surface area contributed by atoms with E-state index >= 15 is 0 Å². The van der Waals surface area contributed by atoms with E-state index in [4.69, 9.17) is 0 Å². The Morgan fingerprint density at radius 3 is 1.72 bits per heavy atom. The average Bonchev–Trinajstić information content (AvgIpc) is 3.95. The first-order valence-electron chi connectivity index (χ1n) is 34.8. The Labute approximate surface area is 495 Å². The number of imide groups is 1. The molecule has 456 valence electrons. The molecule has 9 atom stereocenters. The van der Waals surface area contributed by atoms with Crippen molar-refractivity contribution in [1.82, 2.24) is 9.47 Å². The second-order valence-corrected chi connectivity index (χ2v) is 26.5. The summed E-state index contributed by atoms with van der Waals surface area (Å²) in [6.07, 6.45) is 56.3. The second-order valence-electron chi connectivity index (χ2n) is 26.5. The summed E-state index contributed by atoms with van der Waals surface area (Å²) in [5.74, 6) is 6.82. The molecule has 0 radical (unpaired) electrons. The fraction of sp³-hybridized carbons (Fsp3) is 0.767. The summed E-state index contributed by atoms with van der Waals surface area (Å²) in [6, 6.07) is 11.5. The largest absolute Gasteiger partial charge is 0.494 e. The predicted molar refractivity (Wildman–Crippen MR) is 340 cm³/mol. The van der Waals surface area contributed by atoms with Crippen LogP contribution in [0.5, 0.6) is 11.8 Å². The van der Waals surface area contributed by atoms with Gasteiger partial charge >= 0.3 is 0 Å². The van der Waals surface area contributed by atoms with Crippen molar-refractivity contribution in [2.45, 2.75) is 292 Å². The van der Waals surface area contributed by atoms with Gasteiger partial charge in [0.25, 0.3) is 17.7 Å². The molecule has 0 saturated heterocycles. The summed E-state index contributed by atoms with van der Waals surface area (Å²) in [4.78, 5) is 40.8. The number of carbonyl (C=O) groups excluding carboxylic acids is 3. The molecular weight excluding hydrogens is 999 g/mol. The van der Waals surface area contributed by atoms with Crippen LogP contribution in [-0.2, 0) is 20.9 Å². The molecule has 81 heavy (non-hydrogen) atoms.